The quantitative estimate of drug-likeness (QED) is 0.562. The SMILES string of the molecule is Nc1cc(Cl)cc(C(=O)c2cccc3ccsc23)c1. The predicted octanol–water partition coefficient (Wildman–Crippen LogP) is 4.37. The number of hydrogen-bond acceptors (Lipinski definition) is 3. The second-order valence-electron chi connectivity index (χ2n) is 4.25. The summed E-state index contributed by atoms with van der Waals surface area (Å²) >= 11 is 7.51. The van der Waals surface area contributed by atoms with Gasteiger partial charge < -0.3 is 5.73 Å². The summed E-state index contributed by atoms with van der Waals surface area (Å²) < 4.78 is 0.992. The van der Waals surface area contributed by atoms with E-state index in [0.717, 1.165) is 10.1 Å². The molecule has 3 rings (SSSR count). The van der Waals surface area contributed by atoms with Crippen molar-refractivity contribution >= 4 is 44.5 Å². The number of thiophene rings is 1. The summed E-state index contributed by atoms with van der Waals surface area (Å²) in [4.78, 5) is 12.6. The lowest BCUT2D eigenvalue weighted by Gasteiger charge is -2.05. The van der Waals surface area contributed by atoms with E-state index in [9.17, 15) is 4.79 Å². The third kappa shape index (κ3) is 2.23. The molecule has 0 aliphatic rings. The predicted molar refractivity (Wildman–Crippen MR) is 81.1 cm³/mol. The molecule has 0 atom stereocenters. The van der Waals surface area contributed by atoms with Gasteiger partial charge in [-0.3, -0.25) is 4.79 Å². The maximum Gasteiger partial charge on any atom is 0.194 e. The van der Waals surface area contributed by atoms with E-state index in [2.05, 4.69) is 0 Å². The Bertz CT molecular complexity index is 758. The summed E-state index contributed by atoms with van der Waals surface area (Å²) in [7, 11) is 0. The molecule has 2 N–H and O–H groups in total. The molecule has 1 aromatic heterocycles. The number of carbonyl (C=O) groups is 1. The van der Waals surface area contributed by atoms with Crippen LogP contribution in [0.4, 0.5) is 5.69 Å². The van der Waals surface area contributed by atoms with E-state index >= 15 is 0 Å². The molecule has 1 heterocycles. The summed E-state index contributed by atoms with van der Waals surface area (Å²) in [5.41, 5.74) is 7.44. The Morgan fingerprint density at radius 1 is 1.16 bits per heavy atom. The van der Waals surface area contributed by atoms with Crippen LogP contribution in [0.25, 0.3) is 10.1 Å². The van der Waals surface area contributed by atoms with Gasteiger partial charge in [-0.2, -0.15) is 0 Å². The Hall–Kier alpha value is -1.84. The van der Waals surface area contributed by atoms with Crippen LogP contribution >= 0.6 is 22.9 Å². The van der Waals surface area contributed by atoms with Crippen molar-refractivity contribution in [3.63, 3.8) is 0 Å². The number of ketones is 1. The lowest BCUT2D eigenvalue weighted by molar-refractivity contribution is 0.104. The minimum absolute atomic E-state index is 0.0535. The summed E-state index contributed by atoms with van der Waals surface area (Å²) in [5.74, 6) is -0.0535. The van der Waals surface area contributed by atoms with Gasteiger partial charge in [0.25, 0.3) is 0 Å². The summed E-state index contributed by atoms with van der Waals surface area (Å²) in [6.45, 7) is 0. The summed E-state index contributed by atoms with van der Waals surface area (Å²) in [5, 5.41) is 3.53. The van der Waals surface area contributed by atoms with E-state index in [1.54, 1.807) is 29.5 Å². The highest BCUT2D eigenvalue weighted by atomic mass is 35.5. The first kappa shape index (κ1) is 12.2. The van der Waals surface area contributed by atoms with Crippen LogP contribution in [-0.2, 0) is 0 Å². The number of nitrogens with two attached hydrogens (primary N) is 1. The lowest BCUT2D eigenvalue weighted by Crippen LogP contribution is -2.02. The maximum absolute atomic E-state index is 12.6. The van der Waals surface area contributed by atoms with Crippen molar-refractivity contribution in [2.75, 3.05) is 5.73 Å². The van der Waals surface area contributed by atoms with Gasteiger partial charge in [-0.1, -0.05) is 23.7 Å². The van der Waals surface area contributed by atoms with Crippen molar-refractivity contribution in [2.24, 2.45) is 0 Å². The fraction of sp³-hybridized carbons (Fsp3) is 0. The molecule has 3 aromatic rings. The molecular formula is C15H10ClNOS. The molecule has 2 nitrogen and oxygen atoms in total. The second-order valence-corrected chi connectivity index (χ2v) is 5.60. The van der Waals surface area contributed by atoms with Gasteiger partial charge in [-0.05, 0) is 41.1 Å². The van der Waals surface area contributed by atoms with Crippen LogP contribution in [0.1, 0.15) is 15.9 Å². The summed E-state index contributed by atoms with van der Waals surface area (Å²) in [6, 6.07) is 12.6. The van der Waals surface area contributed by atoms with Crippen molar-refractivity contribution in [1.29, 1.82) is 0 Å². The van der Waals surface area contributed by atoms with Gasteiger partial charge in [0.1, 0.15) is 0 Å². The van der Waals surface area contributed by atoms with Gasteiger partial charge >= 0.3 is 0 Å². The van der Waals surface area contributed by atoms with Crippen LogP contribution in [0, 0.1) is 0 Å². The Morgan fingerprint density at radius 3 is 2.79 bits per heavy atom. The van der Waals surface area contributed by atoms with Gasteiger partial charge in [-0.15, -0.1) is 11.3 Å². The summed E-state index contributed by atoms with van der Waals surface area (Å²) in [6.07, 6.45) is 0. The molecule has 0 unspecified atom stereocenters. The largest absolute Gasteiger partial charge is 0.399 e. The normalized spacial score (nSPS) is 10.8. The zero-order chi connectivity index (χ0) is 13.4. The van der Waals surface area contributed by atoms with Crippen molar-refractivity contribution in [3.8, 4) is 0 Å². The van der Waals surface area contributed by atoms with Crippen LogP contribution in [0.5, 0.6) is 0 Å². The molecule has 4 heteroatoms. The lowest BCUT2D eigenvalue weighted by atomic mass is 10.0. The third-order valence-electron chi connectivity index (χ3n) is 2.91. The van der Waals surface area contributed by atoms with E-state index in [1.165, 1.54) is 0 Å². The van der Waals surface area contributed by atoms with Crippen LogP contribution in [0.3, 0.4) is 0 Å². The average Bonchev–Trinajstić information content (AvgIpc) is 2.84. The molecule has 0 bridgehead atoms. The molecule has 0 radical (unpaired) electrons. The topological polar surface area (TPSA) is 43.1 Å². The minimum atomic E-state index is -0.0535. The smallest absolute Gasteiger partial charge is 0.194 e. The van der Waals surface area contributed by atoms with Gasteiger partial charge in [0.2, 0.25) is 0 Å². The fourth-order valence-electron chi connectivity index (χ4n) is 2.07. The molecule has 94 valence electrons. The second kappa shape index (κ2) is 4.68. The number of carbonyl (C=O) groups excluding carboxylic acids is 1. The van der Waals surface area contributed by atoms with Crippen LogP contribution in [-0.4, -0.2) is 5.78 Å². The number of hydrogen-bond donors (Lipinski definition) is 1. The fourth-order valence-corrected chi connectivity index (χ4v) is 3.22. The standard InChI is InChI=1S/C15H10ClNOS/c16-11-6-10(7-12(17)8-11)14(18)13-3-1-2-9-4-5-19-15(9)13/h1-8H,17H2. The number of benzene rings is 2. The number of halogens is 1. The van der Waals surface area contributed by atoms with Crippen molar-refractivity contribution in [1.82, 2.24) is 0 Å². The highest BCUT2D eigenvalue weighted by molar-refractivity contribution is 7.17. The molecular weight excluding hydrogens is 278 g/mol. The first-order valence-corrected chi connectivity index (χ1v) is 6.98. The van der Waals surface area contributed by atoms with Gasteiger partial charge in [-0.25, -0.2) is 0 Å². The Kier molecular flexibility index (Phi) is 3.01. The Balaban J connectivity index is 2.16. The van der Waals surface area contributed by atoms with Crippen LogP contribution in [0.2, 0.25) is 5.02 Å². The molecule has 0 fully saturated rings. The molecule has 19 heavy (non-hydrogen) atoms. The minimum Gasteiger partial charge on any atom is -0.399 e. The van der Waals surface area contributed by atoms with E-state index in [4.69, 9.17) is 17.3 Å². The number of anilines is 1. The first-order valence-electron chi connectivity index (χ1n) is 5.72. The van der Waals surface area contributed by atoms with E-state index in [1.807, 2.05) is 29.6 Å². The van der Waals surface area contributed by atoms with Crippen LogP contribution in [0.15, 0.2) is 47.8 Å². The van der Waals surface area contributed by atoms with Crippen molar-refractivity contribution in [2.45, 2.75) is 0 Å². The zero-order valence-electron chi connectivity index (χ0n) is 9.89. The molecule has 0 aliphatic carbocycles. The molecule has 0 spiro atoms. The van der Waals surface area contributed by atoms with Crippen molar-refractivity contribution < 1.29 is 4.79 Å². The average molecular weight is 288 g/mol. The third-order valence-corrected chi connectivity index (χ3v) is 4.09. The molecule has 0 aliphatic heterocycles. The van der Waals surface area contributed by atoms with Gasteiger partial charge in [0, 0.05) is 26.5 Å². The molecule has 2 aromatic carbocycles. The highest BCUT2D eigenvalue weighted by Crippen LogP contribution is 2.27. The number of rotatable bonds is 2. The highest BCUT2D eigenvalue weighted by Gasteiger charge is 2.14. The Morgan fingerprint density at radius 2 is 2.00 bits per heavy atom. The number of fused-ring (bicyclic) bond motifs is 1. The Labute approximate surface area is 119 Å². The van der Waals surface area contributed by atoms with Crippen LogP contribution < -0.4 is 5.73 Å². The molecule has 0 saturated carbocycles. The first-order chi connectivity index (χ1) is 9.15. The van der Waals surface area contributed by atoms with Gasteiger partial charge in [0.05, 0.1) is 0 Å². The van der Waals surface area contributed by atoms with E-state index < -0.39 is 0 Å². The van der Waals surface area contributed by atoms with Gasteiger partial charge in [0.15, 0.2) is 5.78 Å². The van der Waals surface area contributed by atoms with Crippen molar-refractivity contribution in [3.05, 3.63) is 64.0 Å². The monoisotopic (exact) mass is 287 g/mol. The maximum atomic E-state index is 12.6. The number of nitrogen functional groups attached to an aromatic ring is 1. The van der Waals surface area contributed by atoms with E-state index in [-0.39, 0.29) is 5.78 Å². The molecule has 0 amide bonds. The van der Waals surface area contributed by atoms with E-state index in [0.29, 0.717) is 21.8 Å². The zero-order valence-corrected chi connectivity index (χ0v) is 11.5. The molecule has 0 saturated heterocycles.